The summed E-state index contributed by atoms with van der Waals surface area (Å²) in [6.45, 7) is 7.78. The Morgan fingerprint density at radius 1 is 1.08 bits per heavy atom. The Balaban J connectivity index is 1.35. The smallest absolute Gasteiger partial charge is 0.225 e. The molecule has 4 rings (SSSR count). The molecule has 0 aliphatic carbocycles. The molecule has 0 aromatic heterocycles. The van der Waals surface area contributed by atoms with Crippen LogP contribution in [0.15, 0.2) is 42.5 Å². The highest BCUT2D eigenvalue weighted by atomic mass is 16.2. The summed E-state index contributed by atoms with van der Waals surface area (Å²) in [6.07, 6.45) is 1.97. The summed E-state index contributed by atoms with van der Waals surface area (Å²) in [6, 6.07) is 15.6. The average Bonchev–Trinajstić information content (AvgIpc) is 2.68. The van der Waals surface area contributed by atoms with Crippen LogP contribution in [-0.4, -0.2) is 54.5 Å². The van der Waals surface area contributed by atoms with Gasteiger partial charge in [0.2, 0.25) is 5.91 Å². The Morgan fingerprint density at radius 2 is 1.85 bits per heavy atom. The third-order valence-corrected chi connectivity index (χ3v) is 5.93. The number of hydrogen-bond donors (Lipinski definition) is 1. The van der Waals surface area contributed by atoms with Gasteiger partial charge in [0.1, 0.15) is 0 Å². The molecule has 26 heavy (non-hydrogen) atoms. The molecule has 1 amide bonds. The molecule has 0 bridgehead atoms. The zero-order valence-corrected chi connectivity index (χ0v) is 15.7. The third kappa shape index (κ3) is 3.76. The summed E-state index contributed by atoms with van der Waals surface area (Å²) in [7, 11) is 0. The highest BCUT2D eigenvalue weighted by Crippen LogP contribution is 2.22. The van der Waals surface area contributed by atoms with Crippen LogP contribution in [0.1, 0.15) is 25.3 Å². The number of piperazine rings is 1. The van der Waals surface area contributed by atoms with Crippen LogP contribution in [0.4, 0.5) is 0 Å². The van der Waals surface area contributed by atoms with Crippen molar-refractivity contribution in [2.45, 2.75) is 32.4 Å². The van der Waals surface area contributed by atoms with Crippen LogP contribution in [-0.2, 0) is 11.3 Å². The molecule has 0 saturated carbocycles. The van der Waals surface area contributed by atoms with Gasteiger partial charge < -0.3 is 10.2 Å². The summed E-state index contributed by atoms with van der Waals surface area (Å²) in [5.74, 6) is 0.596. The maximum atomic E-state index is 12.8. The van der Waals surface area contributed by atoms with Gasteiger partial charge in [-0.15, -0.1) is 0 Å². The van der Waals surface area contributed by atoms with E-state index in [1.807, 2.05) is 0 Å². The van der Waals surface area contributed by atoms with Crippen LogP contribution in [0.3, 0.4) is 0 Å². The Labute approximate surface area is 156 Å². The molecule has 2 aliphatic rings. The zero-order valence-electron chi connectivity index (χ0n) is 15.7. The van der Waals surface area contributed by atoms with Gasteiger partial charge in [-0.1, -0.05) is 42.5 Å². The largest absolute Gasteiger partial charge is 0.340 e. The minimum Gasteiger partial charge on any atom is -0.340 e. The molecule has 4 nitrogen and oxygen atoms in total. The van der Waals surface area contributed by atoms with E-state index < -0.39 is 0 Å². The number of fused-ring (bicyclic) bond motifs is 1. The monoisotopic (exact) mass is 351 g/mol. The number of carbonyl (C=O) groups is 1. The Kier molecular flexibility index (Phi) is 5.23. The Bertz CT molecular complexity index is 762. The van der Waals surface area contributed by atoms with Gasteiger partial charge in [0.15, 0.2) is 0 Å². The van der Waals surface area contributed by atoms with Crippen molar-refractivity contribution in [2.75, 3.05) is 32.7 Å². The lowest BCUT2D eigenvalue weighted by Crippen LogP contribution is -2.51. The van der Waals surface area contributed by atoms with Crippen molar-refractivity contribution in [3.05, 3.63) is 48.0 Å². The van der Waals surface area contributed by atoms with Gasteiger partial charge in [0, 0.05) is 44.7 Å². The van der Waals surface area contributed by atoms with E-state index in [-0.39, 0.29) is 5.92 Å². The number of carbonyl (C=O) groups excluding carboxylic acids is 1. The predicted molar refractivity (Wildman–Crippen MR) is 106 cm³/mol. The Hall–Kier alpha value is -1.91. The van der Waals surface area contributed by atoms with Gasteiger partial charge in [0.05, 0.1) is 0 Å². The number of rotatable bonds is 3. The number of hydrogen-bond acceptors (Lipinski definition) is 3. The lowest BCUT2D eigenvalue weighted by Gasteiger charge is -2.38. The van der Waals surface area contributed by atoms with Crippen molar-refractivity contribution in [3.8, 4) is 0 Å². The number of piperidine rings is 1. The maximum Gasteiger partial charge on any atom is 0.225 e. The van der Waals surface area contributed by atoms with Crippen LogP contribution in [0.2, 0.25) is 0 Å². The molecule has 2 aliphatic heterocycles. The van der Waals surface area contributed by atoms with Crippen LogP contribution in [0.5, 0.6) is 0 Å². The van der Waals surface area contributed by atoms with E-state index in [9.17, 15) is 4.79 Å². The van der Waals surface area contributed by atoms with Crippen molar-refractivity contribution in [3.63, 3.8) is 0 Å². The fraction of sp³-hybridized carbons (Fsp3) is 0.500. The molecule has 0 radical (unpaired) electrons. The van der Waals surface area contributed by atoms with E-state index in [1.165, 1.54) is 16.3 Å². The van der Waals surface area contributed by atoms with Crippen molar-refractivity contribution < 1.29 is 4.79 Å². The summed E-state index contributed by atoms with van der Waals surface area (Å²) in [5.41, 5.74) is 1.38. The number of amides is 1. The highest BCUT2D eigenvalue weighted by Gasteiger charge is 2.30. The number of benzene rings is 2. The molecule has 2 aromatic rings. The van der Waals surface area contributed by atoms with Crippen LogP contribution >= 0.6 is 0 Å². The Morgan fingerprint density at radius 3 is 2.65 bits per heavy atom. The van der Waals surface area contributed by atoms with Gasteiger partial charge in [-0.3, -0.25) is 9.69 Å². The normalized spacial score (nSPS) is 24.7. The highest BCUT2D eigenvalue weighted by molar-refractivity contribution is 5.85. The fourth-order valence-corrected chi connectivity index (χ4v) is 4.41. The first kappa shape index (κ1) is 17.5. The lowest BCUT2D eigenvalue weighted by atomic mass is 9.92. The fourth-order valence-electron chi connectivity index (χ4n) is 4.41. The van der Waals surface area contributed by atoms with E-state index in [0.717, 1.165) is 52.1 Å². The quantitative estimate of drug-likeness (QED) is 0.924. The van der Waals surface area contributed by atoms with E-state index in [1.54, 1.807) is 0 Å². The van der Waals surface area contributed by atoms with E-state index in [0.29, 0.717) is 11.9 Å². The third-order valence-electron chi connectivity index (χ3n) is 5.93. The van der Waals surface area contributed by atoms with Gasteiger partial charge in [-0.25, -0.2) is 0 Å². The molecule has 1 N–H and O–H groups in total. The molecule has 2 fully saturated rings. The van der Waals surface area contributed by atoms with E-state index >= 15 is 0 Å². The zero-order chi connectivity index (χ0) is 17.9. The van der Waals surface area contributed by atoms with Gasteiger partial charge >= 0.3 is 0 Å². The second-order valence-corrected chi connectivity index (χ2v) is 7.82. The molecule has 0 spiro atoms. The molecule has 2 atom stereocenters. The summed E-state index contributed by atoms with van der Waals surface area (Å²) < 4.78 is 0. The molecule has 2 aromatic carbocycles. The topological polar surface area (TPSA) is 35.6 Å². The summed E-state index contributed by atoms with van der Waals surface area (Å²) in [4.78, 5) is 17.4. The second-order valence-electron chi connectivity index (χ2n) is 7.82. The molecule has 4 heteroatoms. The van der Waals surface area contributed by atoms with Gasteiger partial charge in [-0.05, 0) is 42.6 Å². The van der Waals surface area contributed by atoms with Crippen LogP contribution in [0.25, 0.3) is 10.8 Å². The molecular formula is C22H29N3O. The summed E-state index contributed by atoms with van der Waals surface area (Å²) in [5, 5.41) is 6.09. The van der Waals surface area contributed by atoms with Crippen LogP contribution in [0, 0.1) is 5.92 Å². The first-order valence-electron chi connectivity index (χ1n) is 9.92. The van der Waals surface area contributed by atoms with E-state index in [2.05, 4.69) is 64.5 Å². The first-order chi connectivity index (χ1) is 12.7. The van der Waals surface area contributed by atoms with Gasteiger partial charge in [-0.2, -0.15) is 0 Å². The molecule has 2 saturated heterocycles. The van der Waals surface area contributed by atoms with Crippen molar-refractivity contribution >= 4 is 16.7 Å². The lowest BCUT2D eigenvalue weighted by molar-refractivity contribution is -0.138. The standard InChI is InChI=1S/C22H29N3O/c1-17-15-19(9-10-23-17)22(26)25-13-11-24(12-14-25)16-20-7-4-6-18-5-2-3-8-21(18)20/h2-8,17,19,23H,9-16H2,1H3/t17-,19-/m0/s1. The second kappa shape index (κ2) is 7.77. The molecular weight excluding hydrogens is 322 g/mol. The average molecular weight is 351 g/mol. The van der Waals surface area contributed by atoms with Crippen molar-refractivity contribution in [2.24, 2.45) is 5.92 Å². The van der Waals surface area contributed by atoms with Gasteiger partial charge in [0.25, 0.3) is 0 Å². The molecule has 138 valence electrons. The maximum absolute atomic E-state index is 12.8. The predicted octanol–water partition coefficient (Wildman–Crippen LogP) is 2.87. The minimum atomic E-state index is 0.218. The van der Waals surface area contributed by atoms with Crippen molar-refractivity contribution in [1.29, 1.82) is 0 Å². The molecule has 2 heterocycles. The molecule has 0 unspecified atom stereocenters. The minimum absolute atomic E-state index is 0.218. The van der Waals surface area contributed by atoms with Crippen molar-refractivity contribution in [1.82, 2.24) is 15.1 Å². The van der Waals surface area contributed by atoms with Crippen LogP contribution < -0.4 is 5.32 Å². The first-order valence-corrected chi connectivity index (χ1v) is 9.92. The van der Waals surface area contributed by atoms with E-state index in [4.69, 9.17) is 0 Å². The summed E-state index contributed by atoms with van der Waals surface area (Å²) >= 11 is 0. The number of nitrogens with zero attached hydrogens (tertiary/aromatic N) is 2. The SMILES string of the molecule is C[C@H]1C[C@@H](C(=O)N2CCN(Cc3cccc4ccccc34)CC2)CCN1. The number of nitrogens with one attached hydrogen (secondary N) is 1.